The minimum absolute atomic E-state index is 0.123. The highest BCUT2D eigenvalue weighted by Gasteiger charge is 2.04. The highest BCUT2D eigenvalue weighted by atomic mass is 35.5. The molecule has 3 aromatic rings. The molecule has 0 bridgehead atoms. The van der Waals surface area contributed by atoms with Crippen LogP contribution in [0.3, 0.4) is 0 Å². The summed E-state index contributed by atoms with van der Waals surface area (Å²) < 4.78 is 0. The molecule has 0 saturated heterocycles. The summed E-state index contributed by atoms with van der Waals surface area (Å²) in [4.78, 5) is 18.3. The van der Waals surface area contributed by atoms with Gasteiger partial charge in [-0.05, 0) is 23.6 Å². The average Bonchev–Trinajstić information content (AvgIpc) is 2.28. The van der Waals surface area contributed by atoms with Gasteiger partial charge in [0.25, 0.3) is 5.56 Å². The summed E-state index contributed by atoms with van der Waals surface area (Å²) in [6.45, 7) is 0. The summed E-state index contributed by atoms with van der Waals surface area (Å²) in [6.07, 6.45) is 1.42. The van der Waals surface area contributed by atoms with E-state index in [-0.39, 0.29) is 5.56 Å². The highest BCUT2D eigenvalue weighted by molar-refractivity contribution is 6.31. The smallest absolute Gasteiger partial charge is 0.258 e. The van der Waals surface area contributed by atoms with Gasteiger partial charge < -0.3 is 4.98 Å². The summed E-state index contributed by atoms with van der Waals surface area (Å²) in [5.74, 6) is 0. The van der Waals surface area contributed by atoms with E-state index in [1.807, 2.05) is 18.2 Å². The number of aromatic amines is 1. The van der Waals surface area contributed by atoms with Gasteiger partial charge in [0, 0.05) is 10.4 Å². The number of benzene rings is 2. The topological polar surface area (TPSA) is 45.8 Å². The number of nitrogens with one attached hydrogen (secondary N) is 1. The molecule has 78 valence electrons. The summed E-state index contributed by atoms with van der Waals surface area (Å²) in [7, 11) is 0. The van der Waals surface area contributed by atoms with Crippen molar-refractivity contribution in [2.75, 3.05) is 0 Å². The largest absolute Gasteiger partial charge is 0.313 e. The van der Waals surface area contributed by atoms with Crippen LogP contribution >= 0.6 is 11.6 Å². The Morgan fingerprint density at radius 1 is 1.12 bits per heavy atom. The third-order valence-electron chi connectivity index (χ3n) is 2.59. The molecule has 0 fully saturated rings. The molecule has 4 heteroatoms. The molecule has 1 aromatic heterocycles. The molecule has 0 saturated carbocycles. The van der Waals surface area contributed by atoms with Crippen molar-refractivity contribution in [1.29, 1.82) is 0 Å². The molecule has 0 spiro atoms. The van der Waals surface area contributed by atoms with Gasteiger partial charge in [0.15, 0.2) is 0 Å². The first-order chi connectivity index (χ1) is 7.75. The van der Waals surface area contributed by atoms with Crippen LogP contribution in [0, 0.1) is 0 Å². The van der Waals surface area contributed by atoms with E-state index in [1.165, 1.54) is 6.33 Å². The van der Waals surface area contributed by atoms with Crippen LogP contribution < -0.4 is 5.56 Å². The monoisotopic (exact) mass is 230 g/mol. The maximum absolute atomic E-state index is 11.6. The van der Waals surface area contributed by atoms with Crippen molar-refractivity contribution in [1.82, 2.24) is 9.97 Å². The van der Waals surface area contributed by atoms with Gasteiger partial charge >= 0.3 is 0 Å². The molecule has 0 unspecified atom stereocenters. The lowest BCUT2D eigenvalue weighted by Crippen LogP contribution is -2.05. The van der Waals surface area contributed by atoms with Gasteiger partial charge in [0.2, 0.25) is 0 Å². The molecular weight excluding hydrogens is 224 g/mol. The standard InChI is InChI=1S/C12H7ClN2O/c13-8-2-4-9-7(5-8)1-3-10-11(9)14-6-15-12(10)16/h1-6H,(H,14,15,16). The predicted octanol–water partition coefficient (Wildman–Crippen LogP) is 2.73. The number of H-pyrrole nitrogens is 1. The fraction of sp³-hybridized carbons (Fsp3) is 0. The van der Waals surface area contributed by atoms with Crippen LogP contribution in [0.5, 0.6) is 0 Å². The van der Waals surface area contributed by atoms with Crippen molar-refractivity contribution in [3.63, 3.8) is 0 Å². The van der Waals surface area contributed by atoms with Gasteiger partial charge in [-0.15, -0.1) is 0 Å². The average molecular weight is 231 g/mol. The highest BCUT2D eigenvalue weighted by Crippen LogP contribution is 2.24. The number of rotatable bonds is 0. The lowest BCUT2D eigenvalue weighted by Gasteiger charge is -2.02. The van der Waals surface area contributed by atoms with Crippen molar-refractivity contribution in [3.8, 4) is 0 Å². The zero-order valence-corrected chi connectivity index (χ0v) is 8.95. The summed E-state index contributed by atoms with van der Waals surface area (Å²) in [5.41, 5.74) is 0.583. The Morgan fingerprint density at radius 3 is 2.81 bits per heavy atom. The van der Waals surface area contributed by atoms with Crippen LogP contribution in [0.1, 0.15) is 0 Å². The normalized spacial score (nSPS) is 11.1. The molecule has 0 aliphatic heterocycles. The van der Waals surface area contributed by atoms with E-state index in [4.69, 9.17) is 11.6 Å². The number of hydrogen-bond acceptors (Lipinski definition) is 2. The fourth-order valence-electron chi connectivity index (χ4n) is 1.84. The van der Waals surface area contributed by atoms with E-state index in [1.54, 1.807) is 12.1 Å². The molecule has 3 rings (SSSR count). The molecule has 1 heterocycles. The van der Waals surface area contributed by atoms with E-state index in [0.29, 0.717) is 15.9 Å². The first-order valence-corrected chi connectivity index (χ1v) is 5.19. The zero-order chi connectivity index (χ0) is 11.1. The van der Waals surface area contributed by atoms with Crippen molar-refractivity contribution in [2.24, 2.45) is 0 Å². The molecule has 2 aromatic carbocycles. The zero-order valence-electron chi connectivity index (χ0n) is 8.20. The number of aromatic nitrogens is 2. The molecule has 3 nitrogen and oxygen atoms in total. The van der Waals surface area contributed by atoms with Crippen LogP contribution in [-0.4, -0.2) is 9.97 Å². The summed E-state index contributed by atoms with van der Waals surface area (Å²) in [5, 5.41) is 3.19. The van der Waals surface area contributed by atoms with E-state index in [0.717, 1.165) is 10.8 Å². The third kappa shape index (κ3) is 1.29. The molecule has 0 amide bonds. The number of nitrogens with zero attached hydrogens (tertiary/aromatic N) is 1. The second-order valence-corrected chi connectivity index (χ2v) is 4.00. The minimum Gasteiger partial charge on any atom is -0.313 e. The maximum Gasteiger partial charge on any atom is 0.258 e. The molecule has 1 N–H and O–H groups in total. The van der Waals surface area contributed by atoms with Crippen LogP contribution in [-0.2, 0) is 0 Å². The Labute approximate surface area is 95.7 Å². The van der Waals surface area contributed by atoms with Crippen LogP contribution in [0.2, 0.25) is 5.02 Å². The quantitative estimate of drug-likeness (QED) is 0.604. The van der Waals surface area contributed by atoms with E-state index >= 15 is 0 Å². The number of halogens is 1. The van der Waals surface area contributed by atoms with Gasteiger partial charge in [0.05, 0.1) is 17.2 Å². The molecule has 0 radical (unpaired) electrons. The van der Waals surface area contributed by atoms with Crippen molar-refractivity contribution >= 4 is 33.3 Å². The SMILES string of the molecule is O=c1[nH]cnc2c1ccc1cc(Cl)ccc12. The predicted molar refractivity (Wildman–Crippen MR) is 64.9 cm³/mol. The van der Waals surface area contributed by atoms with Crippen molar-refractivity contribution < 1.29 is 0 Å². The molecule has 0 aliphatic rings. The van der Waals surface area contributed by atoms with Gasteiger partial charge in [-0.1, -0.05) is 23.7 Å². The number of hydrogen-bond donors (Lipinski definition) is 1. The molecule has 0 atom stereocenters. The second kappa shape index (κ2) is 3.32. The second-order valence-electron chi connectivity index (χ2n) is 3.56. The minimum atomic E-state index is -0.123. The van der Waals surface area contributed by atoms with Gasteiger partial charge in [0.1, 0.15) is 0 Å². The maximum atomic E-state index is 11.6. The first kappa shape index (κ1) is 9.36. The summed E-state index contributed by atoms with van der Waals surface area (Å²) >= 11 is 5.91. The fourth-order valence-corrected chi connectivity index (χ4v) is 2.02. The number of fused-ring (bicyclic) bond motifs is 3. The van der Waals surface area contributed by atoms with Gasteiger partial charge in [-0.25, -0.2) is 4.98 Å². The van der Waals surface area contributed by atoms with Crippen LogP contribution in [0.4, 0.5) is 0 Å². The molecular formula is C12H7ClN2O. The van der Waals surface area contributed by atoms with E-state index < -0.39 is 0 Å². The molecule has 0 aliphatic carbocycles. The van der Waals surface area contributed by atoms with Crippen LogP contribution in [0.25, 0.3) is 21.7 Å². The lowest BCUT2D eigenvalue weighted by molar-refractivity contribution is 1.18. The van der Waals surface area contributed by atoms with Crippen LogP contribution in [0.15, 0.2) is 41.5 Å². The van der Waals surface area contributed by atoms with Gasteiger partial charge in [-0.2, -0.15) is 0 Å². The van der Waals surface area contributed by atoms with E-state index in [2.05, 4.69) is 9.97 Å². The van der Waals surface area contributed by atoms with E-state index in [9.17, 15) is 4.79 Å². The Morgan fingerprint density at radius 2 is 1.94 bits per heavy atom. The molecule has 16 heavy (non-hydrogen) atoms. The Bertz CT molecular complexity index is 749. The Hall–Kier alpha value is -1.87. The summed E-state index contributed by atoms with van der Waals surface area (Å²) in [6, 6.07) is 9.18. The van der Waals surface area contributed by atoms with Gasteiger partial charge in [-0.3, -0.25) is 4.79 Å². The Balaban J connectivity index is 2.60. The third-order valence-corrected chi connectivity index (χ3v) is 2.82. The van der Waals surface area contributed by atoms with Crippen molar-refractivity contribution in [2.45, 2.75) is 0 Å². The first-order valence-electron chi connectivity index (χ1n) is 4.81. The van der Waals surface area contributed by atoms with Crippen molar-refractivity contribution in [3.05, 3.63) is 52.0 Å². The Kier molecular flexibility index (Phi) is 1.94. The lowest BCUT2D eigenvalue weighted by atomic mass is 10.1.